The van der Waals surface area contributed by atoms with Gasteiger partial charge in [0.2, 0.25) is 0 Å². The van der Waals surface area contributed by atoms with Crippen LogP contribution in [0.2, 0.25) is 0 Å². The molecule has 0 saturated carbocycles. The quantitative estimate of drug-likeness (QED) is 0.793. The maximum Gasteiger partial charge on any atom is 0.0393 e. The Bertz CT molecular complexity index is 358. The zero-order chi connectivity index (χ0) is 13.5. The second kappa shape index (κ2) is 7.42. The van der Waals surface area contributed by atoms with E-state index in [1.165, 1.54) is 23.2 Å². The topological polar surface area (TPSA) is 15.3 Å². The number of hydrogen-bond acceptors (Lipinski definition) is 2. The van der Waals surface area contributed by atoms with Crippen LogP contribution >= 0.6 is 0 Å². The number of nitrogens with zero attached hydrogens (tertiary/aromatic N) is 1. The first kappa shape index (κ1) is 15.0. The van der Waals surface area contributed by atoms with E-state index in [1.807, 2.05) is 0 Å². The van der Waals surface area contributed by atoms with Crippen molar-refractivity contribution < 1.29 is 0 Å². The fourth-order valence-electron chi connectivity index (χ4n) is 2.22. The lowest BCUT2D eigenvalue weighted by atomic mass is 10.1. The van der Waals surface area contributed by atoms with Crippen LogP contribution < -0.4 is 10.2 Å². The molecule has 0 heterocycles. The van der Waals surface area contributed by atoms with Crippen LogP contribution in [0.5, 0.6) is 0 Å². The molecule has 0 aliphatic rings. The number of nitrogens with one attached hydrogen (secondary N) is 1. The monoisotopic (exact) mass is 248 g/mol. The number of aryl methyl sites for hydroxylation is 1. The Morgan fingerprint density at radius 2 is 2.00 bits per heavy atom. The number of benzene rings is 1. The van der Waals surface area contributed by atoms with E-state index in [2.05, 4.69) is 63.2 Å². The fraction of sp³-hybridized carbons (Fsp3) is 0.625. The van der Waals surface area contributed by atoms with E-state index in [1.54, 1.807) is 0 Å². The smallest absolute Gasteiger partial charge is 0.0393 e. The third kappa shape index (κ3) is 4.69. The molecule has 2 nitrogen and oxygen atoms in total. The van der Waals surface area contributed by atoms with Crippen LogP contribution in [-0.4, -0.2) is 20.1 Å². The third-order valence-electron chi connectivity index (χ3n) is 3.11. The number of hydrogen-bond donors (Lipinski definition) is 1. The average molecular weight is 248 g/mol. The minimum absolute atomic E-state index is 0.709. The molecule has 0 bridgehead atoms. The summed E-state index contributed by atoms with van der Waals surface area (Å²) in [6.07, 6.45) is 1.19. The highest BCUT2D eigenvalue weighted by atomic mass is 15.1. The van der Waals surface area contributed by atoms with Crippen LogP contribution in [0, 0.1) is 12.8 Å². The van der Waals surface area contributed by atoms with Gasteiger partial charge in [-0.3, -0.25) is 0 Å². The molecule has 0 atom stereocenters. The van der Waals surface area contributed by atoms with Crippen molar-refractivity contribution in [3.05, 3.63) is 29.3 Å². The third-order valence-corrected chi connectivity index (χ3v) is 3.11. The Morgan fingerprint density at radius 3 is 2.56 bits per heavy atom. The summed E-state index contributed by atoms with van der Waals surface area (Å²) in [4.78, 5) is 2.33. The molecule has 1 aromatic carbocycles. The molecule has 0 amide bonds. The summed E-state index contributed by atoms with van der Waals surface area (Å²) in [7, 11) is 2.17. The molecule has 1 aromatic rings. The molecular formula is C16H28N2. The van der Waals surface area contributed by atoms with Gasteiger partial charge in [0.25, 0.3) is 0 Å². The van der Waals surface area contributed by atoms with Crippen LogP contribution in [0.3, 0.4) is 0 Å². The van der Waals surface area contributed by atoms with Gasteiger partial charge in [-0.2, -0.15) is 0 Å². The highest BCUT2D eigenvalue weighted by Gasteiger charge is 2.04. The standard InChI is InChI=1S/C16H28N2/c1-6-9-18(5)16-8-7-15(10-14(16)4)12-17-11-13(2)3/h7-8,10,13,17H,6,9,11-12H2,1-5H3. The van der Waals surface area contributed by atoms with E-state index in [-0.39, 0.29) is 0 Å². The van der Waals surface area contributed by atoms with Gasteiger partial charge >= 0.3 is 0 Å². The Morgan fingerprint density at radius 1 is 1.28 bits per heavy atom. The summed E-state index contributed by atoms with van der Waals surface area (Å²) >= 11 is 0. The molecule has 1 rings (SSSR count). The van der Waals surface area contributed by atoms with Gasteiger partial charge < -0.3 is 10.2 Å². The summed E-state index contributed by atoms with van der Waals surface area (Å²) in [5.41, 5.74) is 4.10. The van der Waals surface area contributed by atoms with E-state index in [4.69, 9.17) is 0 Å². The molecule has 18 heavy (non-hydrogen) atoms. The Balaban J connectivity index is 2.61. The molecular weight excluding hydrogens is 220 g/mol. The molecule has 0 radical (unpaired) electrons. The van der Waals surface area contributed by atoms with Gasteiger partial charge in [0.15, 0.2) is 0 Å². The lowest BCUT2D eigenvalue weighted by molar-refractivity contribution is 0.552. The molecule has 0 unspecified atom stereocenters. The van der Waals surface area contributed by atoms with Crippen molar-refractivity contribution >= 4 is 5.69 Å². The van der Waals surface area contributed by atoms with Crippen LogP contribution in [0.15, 0.2) is 18.2 Å². The van der Waals surface area contributed by atoms with E-state index in [9.17, 15) is 0 Å². The first-order chi connectivity index (χ1) is 8.54. The fourth-order valence-corrected chi connectivity index (χ4v) is 2.22. The van der Waals surface area contributed by atoms with Gasteiger partial charge in [-0.1, -0.05) is 32.9 Å². The Kier molecular flexibility index (Phi) is 6.20. The highest BCUT2D eigenvalue weighted by Crippen LogP contribution is 2.20. The largest absolute Gasteiger partial charge is 0.374 e. The van der Waals surface area contributed by atoms with Crippen molar-refractivity contribution in [1.82, 2.24) is 5.32 Å². The van der Waals surface area contributed by atoms with Crippen LogP contribution in [0.25, 0.3) is 0 Å². The van der Waals surface area contributed by atoms with Gasteiger partial charge in [0.05, 0.1) is 0 Å². The van der Waals surface area contributed by atoms with Crippen molar-refractivity contribution in [3.63, 3.8) is 0 Å². The Hall–Kier alpha value is -1.02. The van der Waals surface area contributed by atoms with Gasteiger partial charge in [-0.15, -0.1) is 0 Å². The van der Waals surface area contributed by atoms with Crippen LogP contribution in [0.1, 0.15) is 38.3 Å². The second-order valence-electron chi connectivity index (χ2n) is 5.57. The molecule has 0 spiro atoms. The van der Waals surface area contributed by atoms with Crippen molar-refractivity contribution in [2.24, 2.45) is 5.92 Å². The summed E-state index contributed by atoms with van der Waals surface area (Å²) in [6.45, 7) is 12.1. The first-order valence-electron chi connectivity index (χ1n) is 7.06. The highest BCUT2D eigenvalue weighted by molar-refractivity contribution is 5.53. The zero-order valence-corrected chi connectivity index (χ0v) is 12.6. The molecule has 0 aromatic heterocycles. The van der Waals surface area contributed by atoms with Gasteiger partial charge in [0, 0.05) is 25.8 Å². The molecule has 2 heteroatoms. The van der Waals surface area contributed by atoms with E-state index >= 15 is 0 Å². The molecule has 0 aliphatic carbocycles. The lowest BCUT2D eigenvalue weighted by Crippen LogP contribution is -2.20. The minimum atomic E-state index is 0.709. The van der Waals surface area contributed by atoms with Gasteiger partial charge in [-0.05, 0) is 43.0 Å². The van der Waals surface area contributed by atoms with Crippen LogP contribution in [-0.2, 0) is 6.54 Å². The maximum atomic E-state index is 3.49. The molecule has 0 fully saturated rings. The zero-order valence-electron chi connectivity index (χ0n) is 12.6. The van der Waals surface area contributed by atoms with Crippen LogP contribution in [0.4, 0.5) is 5.69 Å². The average Bonchev–Trinajstić information content (AvgIpc) is 2.28. The number of anilines is 1. The summed E-state index contributed by atoms with van der Waals surface area (Å²) in [5.74, 6) is 0.709. The van der Waals surface area contributed by atoms with Crippen molar-refractivity contribution in [1.29, 1.82) is 0 Å². The molecule has 1 N–H and O–H groups in total. The summed E-state index contributed by atoms with van der Waals surface area (Å²) in [6, 6.07) is 6.79. The van der Waals surface area contributed by atoms with Crippen molar-refractivity contribution in [2.45, 2.75) is 40.7 Å². The maximum absolute atomic E-state index is 3.49. The first-order valence-corrected chi connectivity index (χ1v) is 7.06. The predicted molar refractivity (Wildman–Crippen MR) is 81.3 cm³/mol. The summed E-state index contributed by atoms with van der Waals surface area (Å²) in [5, 5.41) is 3.49. The summed E-state index contributed by atoms with van der Waals surface area (Å²) < 4.78 is 0. The molecule has 0 aliphatic heterocycles. The number of rotatable bonds is 7. The normalized spacial score (nSPS) is 11.0. The van der Waals surface area contributed by atoms with Crippen molar-refractivity contribution in [2.75, 3.05) is 25.0 Å². The SMILES string of the molecule is CCCN(C)c1ccc(CNCC(C)C)cc1C. The molecule has 102 valence electrons. The van der Waals surface area contributed by atoms with E-state index < -0.39 is 0 Å². The predicted octanol–water partition coefficient (Wildman–Crippen LogP) is 3.59. The van der Waals surface area contributed by atoms with E-state index in [0.717, 1.165) is 19.6 Å². The molecule has 0 saturated heterocycles. The van der Waals surface area contributed by atoms with Gasteiger partial charge in [-0.25, -0.2) is 0 Å². The lowest BCUT2D eigenvalue weighted by Gasteiger charge is -2.21. The second-order valence-corrected chi connectivity index (χ2v) is 5.57. The Labute approximate surface area is 112 Å². The van der Waals surface area contributed by atoms with Crippen molar-refractivity contribution in [3.8, 4) is 0 Å². The minimum Gasteiger partial charge on any atom is -0.374 e. The van der Waals surface area contributed by atoms with Gasteiger partial charge in [0.1, 0.15) is 0 Å². The van der Waals surface area contributed by atoms with E-state index in [0.29, 0.717) is 5.92 Å².